The number of β-amino-alcohol motifs (C(OH)–C–C–N with tert-alkyl or cyclic N) is 1. The lowest BCUT2D eigenvalue weighted by Crippen LogP contribution is -2.45. The first kappa shape index (κ1) is 15.1. The van der Waals surface area contributed by atoms with Gasteiger partial charge >= 0.3 is 0 Å². The molecule has 1 fully saturated rings. The Morgan fingerprint density at radius 1 is 1.32 bits per heavy atom. The predicted molar refractivity (Wildman–Crippen MR) is 86.3 cm³/mol. The molecule has 1 heterocycles. The van der Waals surface area contributed by atoms with Crippen molar-refractivity contribution in [3.63, 3.8) is 0 Å². The van der Waals surface area contributed by atoms with Crippen molar-refractivity contribution in [3.8, 4) is 5.75 Å². The molecule has 0 aromatic heterocycles. The van der Waals surface area contributed by atoms with E-state index in [-0.39, 0.29) is 29.7 Å². The lowest BCUT2D eigenvalue weighted by atomic mass is 9.95. The van der Waals surface area contributed by atoms with Gasteiger partial charge in [-0.25, -0.2) is 0 Å². The Bertz CT molecular complexity index is 731. The molecule has 0 radical (unpaired) electrons. The number of aromatic hydroxyl groups is 1. The van der Waals surface area contributed by atoms with Gasteiger partial charge < -0.3 is 15.1 Å². The van der Waals surface area contributed by atoms with Crippen LogP contribution in [0.2, 0.25) is 5.02 Å². The molecule has 5 heteroatoms. The maximum atomic E-state index is 12.7. The smallest absolute Gasteiger partial charge is 0.257 e. The molecular formula is C17H18ClNO3. The number of halogens is 1. The highest BCUT2D eigenvalue weighted by Crippen LogP contribution is 2.35. The quantitative estimate of drug-likeness (QED) is 0.849. The Hall–Kier alpha value is -1.78. The number of nitrogens with zero attached hydrogens (tertiary/aromatic N) is 1. The molecule has 1 saturated heterocycles. The average Bonchev–Trinajstić information content (AvgIpc) is 2.53. The molecule has 2 unspecified atom stereocenters. The number of hydrogen-bond acceptors (Lipinski definition) is 3. The standard InChI is InChI=1S/C17H18ClNO3/c1-10-6-7-19(9-15(10)20)17(22)13-8-14(18)11-4-2-3-5-12(11)16(13)21/h2-5,8,10,15,20-21H,6-7,9H2,1H3. The maximum Gasteiger partial charge on any atom is 0.257 e. The van der Waals surface area contributed by atoms with Crippen LogP contribution in [-0.2, 0) is 0 Å². The molecule has 0 spiro atoms. The summed E-state index contributed by atoms with van der Waals surface area (Å²) in [5.41, 5.74) is 0.186. The van der Waals surface area contributed by atoms with Crippen molar-refractivity contribution >= 4 is 28.3 Å². The topological polar surface area (TPSA) is 60.8 Å². The van der Waals surface area contributed by atoms with Crippen LogP contribution >= 0.6 is 11.6 Å². The Morgan fingerprint density at radius 3 is 2.68 bits per heavy atom. The molecule has 2 N–H and O–H groups in total. The van der Waals surface area contributed by atoms with Crippen molar-refractivity contribution in [2.75, 3.05) is 13.1 Å². The summed E-state index contributed by atoms with van der Waals surface area (Å²) < 4.78 is 0. The second kappa shape index (κ2) is 5.78. The summed E-state index contributed by atoms with van der Waals surface area (Å²) in [7, 11) is 0. The molecule has 3 rings (SSSR count). The van der Waals surface area contributed by atoms with Crippen molar-refractivity contribution in [2.45, 2.75) is 19.4 Å². The first-order valence-electron chi connectivity index (χ1n) is 7.36. The van der Waals surface area contributed by atoms with Crippen molar-refractivity contribution in [3.05, 3.63) is 40.9 Å². The number of hydrogen-bond donors (Lipinski definition) is 2. The van der Waals surface area contributed by atoms with E-state index in [1.807, 2.05) is 13.0 Å². The van der Waals surface area contributed by atoms with Gasteiger partial charge in [0.2, 0.25) is 0 Å². The zero-order chi connectivity index (χ0) is 15.9. The van der Waals surface area contributed by atoms with E-state index in [0.29, 0.717) is 22.3 Å². The molecule has 1 aliphatic heterocycles. The number of likely N-dealkylation sites (tertiary alicyclic amines) is 1. The molecule has 1 aliphatic rings. The molecule has 2 aromatic rings. The van der Waals surface area contributed by atoms with Crippen LogP contribution in [0, 0.1) is 5.92 Å². The minimum Gasteiger partial charge on any atom is -0.506 e. The molecule has 1 amide bonds. The number of phenols is 1. The number of rotatable bonds is 1. The van der Waals surface area contributed by atoms with Gasteiger partial charge in [-0.1, -0.05) is 42.8 Å². The zero-order valence-electron chi connectivity index (χ0n) is 12.3. The number of benzene rings is 2. The molecule has 2 aromatic carbocycles. The van der Waals surface area contributed by atoms with E-state index in [2.05, 4.69) is 0 Å². The minimum atomic E-state index is -0.532. The van der Waals surface area contributed by atoms with E-state index in [1.165, 1.54) is 6.07 Å². The fourth-order valence-electron chi connectivity index (χ4n) is 2.88. The van der Waals surface area contributed by atoms with Crippen LogP contribution in [0.4, 0.5) is 0 Å². The molecule has 2 atom stereocenters. The molecule has 4 nitrogen and oxygen atoms in total. The number of piperidine rings is 1. The molecular weight excluding hydrogens is 302 g/mol. The van der Waals surface area contributed by atoms with E-state index in [1.54, 1.807) is 23.1 Å². The second-order valence-corrected chi connectivity index (χ2v) is 6.29. The monoisotopic (exact) mass is 319 g/mol. The SMILES string of the molecule is CC1CCN(C(=O)c2cc(Cl)c3ccccc3c2O)CC1O. The third kappa shape index (κ3) is 2.53. The number of aliphatic hydroxyl groups excluding tert-OH is 1. The molecule has 0 bridgehead atoms. The minimum absolute atomic E-state index is 0.0573. The number of amides is 1. The summed E-state index contributed by atoms with van der Waals surface area (Å²) >= 11 is 6.24. The summed E-state index contributed by atoms with van der Waals surface area (Å²) in [6, 6.07) is 8.67. The molecule has 0 saturated carbocycles. The van der Waals surface area contributed by atoms with Crippen molar-refractivity contribution in [1.29, 1.82) is 0 Å². The van der Waals surface area contributed by atoms with Crippen LogP contribution in [0.5, 0.6) is 5.75 Å². The normalized spacial score (nSPS) is 22.0. The maximum absolute atomic E-state index is 12.7. The van der Waals surface area contributed by atoms with Gasteiger partial charge in [-0.3, -0.25) is 4.79 Å². The number of fused-ring (bicyclic) bond motifs is 1. The lowest BCUT2D eigenvalue weighted by Gasteiger charge is -2.34. The number of aliphatic hydroxyl groups is 1. The average molecular weight is 320 g/mol. The van der Waals surface area contributed by atoms with Gasteiger partial charge in [-0.2, -0.15) is 0 Å². The fourth-order valence-corrected chi connectivity index (χ4v) is 3.16. The zero-order valence-corrected chi connectivity index (χ0v) is 13.0. The second-order valence-electron chi connectivity index (χ2n) is 5.88. The summed E-state index contributed by atoms with van der Waals surface area (Å²) in [5, 5.41) is 22.1. The van der Waals surface area contributed by atoms with Crippen LogP contribution < -0.4 is 0 Å². The Balaban J connectivity index is 1.99. The number of carbonyl (C=O) groups excluding carboxylic acids is 1. The van der Waals surface area contributed by atoms with E-state index < -0.39 is 6.10 Å². The van der Waals surface area contributed by atoms with Gasteiger partial charge in [0.15, 0.2) is 0 Å². The highest BCUT2D eigenvalue weighted by Gasteiger charge is 2.29. The largest absolute Gasteiger partial charge is 0.506 e. The van der Waals surface area contributed by atoms with Gasteiger partial charge in [-0.15, -0.1) is 0 Å². The predicted octanol–water partition coefficient (Wildman–Crippen LogP) is 3.04. The van der Waals surface area contributed by atoms with Gasteiger partial charge in [0.1, 0.15) is 5.75 Å². The third-order valence-electron chi connectivity index (χ3n) is 4.40. The lowest BCUT2D eigenvalue weighted by molar-refractivity contribution is 0.0247. The van der Waals surface area contributed by atoms with E-state index in [4.69, 9.17) is 11.6 Å². The number of carbonyl (C=O) groups is 1. The Labute approximate surface area is 133 Å². The van der Waals surface area contributed by atoms with Crippen molar-refractivity contribution in [1.82, 2.24) is 4.90 Å². The fraction of sp³-hybridized carbons (Fsp3) is 0.353. The molecule has 0 aliphatic carbocycles. The molecule has 22 heavy (non-hydrogen) atoms. The van der Waals surface area contributed by atoms with Gasteiger partial charge in [-0.05, 0) is 18.4 Å². The van der Waals surface area contributed by atoms with Gasteiger partial charge in [0.05, 0.1) is 11.7 Å². The van der Waals surface area contributed by atoms with Crippen molar-refractivity contribution < 1.29 is 15.0 Å². The van der Waals surface area contributed by atoms with Crippen LogP contribution in [-0.4, -0.2) is 40.2 Å². The summed E-state index contributed by atoms with van der Waals surface area (Å²) in [5.74, 6) is -0.174. The van der Waals surface area contributed by atoms with E-state index in [0.717, 1.165) is 6.42 Å². The first-order valence-corrected chi connectivity index (χ1v) is 7.74. The highest BCUT2D eigenvalue weighted by molar-refractivity contribution is 6.36. The highest BCUT2D eigenvalue weighted by atomic mass is 35.5. The van der Waals surface area contributed by atoms with Gasteiger partial charge in [0, 0.05) is 28.9 Å². The third-order valence-corrected chi connectivity index (χ3v) is 4.71. The summed E-state index contributed by atoms with van der Waals surface area (Å²) in [4.78, 5) is 14.2. The first-order chi connectivity index (χ1) is 10.5. The molecule has 116 valence electrons. The van der Waals surface area contributed by atoms with Crippen LogP contribution in [0.1, 0.15) is 23.7 Å². The van der Waals surface area contributed by atoms with Crippen LogP contribution in [0.15, 0.2) is 30.3 Å². The van der Waals surface area contributed by atoms with E-state index in [9.17, 15) is 15.0 Å². The Morgan fingerprint density at radius 2 is 2.00 bits per heavy atom. The summed E-state index contributed by atoms with van der Waals surface area (Å²) in [6.45, 7) is 2.82. The van der Waals surface area contributed by atoms with Crippen LogP contribution in [0.3, 0.4) is 0 Å². The van der Waals surface area contributed by atoms with E-state index >= 15 is 0 Å². The summed E-state index contributed by atoms with van der Waals surface area (Å²) in [6.07, 6.45) is 0.213. The number of phenolic OH excluding ortho intramolecular Hbond substituents is 1. The van der Waals surface area contributed by atoms with Crippen LogP contribution in [0.25, 0.3) is 10.8 Å². The van der Waals surface area contributed by atoms with Gasteiger partial charge in [0.25, 0.3) is 5.91 Å². The Kier molecular flexibility index (Phi) is 3.98. The van der Waals surface area contributed by atoms with Crippen molar-refractivity contribution in [2.24, 2.45) is 5.92 Å².